The van der Waals surface area contributed by atoms with Crippen molar-refractivity contribution in [3.05, 3.63) is 74.4 Å². The van der Waals surface area contributed by atoms with Crippen LogP contribution in [0.2, 0.25) is 5.15 Å². The first-order valence-electron chi connectivity index (χ1n) is 12.2. The van der Waals surface area contributed by atoms with Crippen molar-refractivity contribution in [1.82, 2.24) is 14.8 Å². The summed E-state index contributed by atoms with van der Waals surface area (Å²) < 4.78 is 13.9. The Kier molecular flexibility index (Phi) is 6.74. The summed E-state index contributed by atoms with van der Waals surface area (Å²) in [6.07, 6.45) is 5.49. The van der Waals surface area contributed by atoms with E-state index in [0.717, 1.165) is 29.5 Å². The molecule has 0 unspecified atom stereocenters. The molecule has 0 spiro atoms. The summed E-state index contributed by atoms with van der Waals surface area (Å²) in [5.74, 6) is 0.308. The zero-order chi connectivity index (χ0) is 26.3. The number of nitrogens with zero attached hydrogens (tertiary/aromatic N) is 3. The minimum absolute atomic E-state index is 0.0789. The van der Waals surface area contributed by atoms with Gasteiger partial charge >= 0.3 is 0 Å². The maximum atomic E-state index is 13.5. The molecule has 4 N–H and O–H groups in total. The second-order valence-electron chi connectivity index (χ2n) is 9.48. The minimum atomic E-state index is -0.299. The Bertz CT molecular complexity index is 1550. The Hall–Kier alpha value is -3.69. The molecule has 10 heteroatoms. The fraction of sp³-hybridized carbons (Fsp3) is 0.333. The molecule has 3 aromatic heterocycles. The highest BCUT2D eigenvalue weighted by Gasteiger charge is 2.22. The van der Waals surface area contributed by atoms with Crippen LogP contribution in [-0.4, -0.2) is 33.8 Å². The fourth-order valence-electron chi connectivity index (χ4n) is 4.84. The van der Waals surface area contributed by atoms with Gasteiger partial charge in [0.1, 0.15) is 28.0 Å². The van der Waals surface area contributed by atoms with Crippen LogP contribution in [0.4, 0.5) is 5.69 Å². The summed E-state index contributed by atoms with van der Waals surface area (Å²) >= 11 is 6.02. The van der Waals surface area contributed by atoms with Gasteiger partial charge in [-0.25, -0.2) is 4.98 Å². The lowest BCUT2D eigenvalue weighted by molar-refractivity contribution is 0.0662. The van der Waals surface area contributed by atoms with Crippen LogP contribution in [0.15, 0.2) is 45.9 Å². The van der Waals surface area contributed by atoms with Crippen molar-refractivity contribution in [2.45, 2.75) is 45.7 Å². The zero-order valence-electron chi connectivity index (χ0n) is 21.0. The molecule has 1 saturated heterocycles. The molecule has 192 valence electrons. The molecular weight excluding hydrogens is 492 g/mol. The van der Waals surface area contributed by atoms with Crippen molar-refractivity contribution in [3.8, 4) is 11.3 Å². The number of benzene rings is 1. The van der Waals surface area contributed by atoms with Crippen LogP contribution in [0.3, 0.4) is 0 Å². The highest BCUT2D eigenvalue weighted by atomic mass is 35.5. The Labute approximate surface area is 219 Å². The summed E-state index contributed by atoms with van der Waals surface area (Å²) in [5, 5.41) is 16.6. The Morgan fingerprint density at radius 2 is 2.03 bits per heavy atom. The van der Waals surface area contributed by atoms with E-state index in [2.05, 4.69) is 15.4 Å². The molecule has 1 aliphatic heterocycles. The number of fused-ring (bicyclic) bond motifs is 1. The largest absolute Gasteiger partial charge is 0.455 e. The van der Waals surface area contributed by atoms with E-state index in [4.69, 9.17) is 31.9 Å². The van der Waals surface area contributed by atoms with Crippen molar-refractivity contribution in [3.63, 3.8) is 0 Å². The fourth-order valence-corrected chi connectivity index (χ4v) is 4.98. The number of aryl methyl sites for hydroxylation is 1. The Morgan fingerprint density at radius 1 is 1.27 bits per heavy atom. The van der Waals surface area contributed by atoms with E-state index in [9.17, 15) is 4.79 Å². The first-order chi connectivity index (χ1) is 17.7. The van der Waals surface area contributed by atoms with Crippen molar-refractivity contribution >= 4 is 34.1 Å². The number of nitrogens with one attached hydrogen (secondary N) is 2. The molecule has 5 rings (SSSR count). The summed E-state index contributed by atoms with van der Waals surface area (Å²) in [7, 11) is 0. The van der Waals surface area contributed by atoms with Crippen LogP contribution >= 0.6 is 11.6 Å². The molecule has 1 fully saturated rings. The van der Waals surface area contributed by atoms with Gasteiger partial charge in [-0.05, 0) is 57.4 Å². The summed E-state index contributed by atoms with van der Waals surface area (Å²) in [6.45, 7) is 7.11. The molecule has 0 saturated carbocycles. The number of nitrogen functional groups attached to an aromatic ring is 1. The van der Waals surface area contributed by atoms with Gasteiger partial charge in [0.15, 0.2) is 5.43 Å². The van der Waals surface area contributed by atoms with Gasteiger partial charge < -0.3 is 20.2 Å². The van der Waals surface area contributed by atoms with E-state index in [1.54, 1.807) is 25.3 Å². The van der Waals surface area contributed by atoms with Gasteiger partial charge in [-0.1, -0.05) is 17.7 Å². The second-order valence-corrected chi connectivity index (χ2v) is 9.87. The summed E-state index contributed by atoms with van der Waals surface area (Å²) in [6, 6.07) is 7.17. The van der Waals surface area contributed by atoms with Gasteiger partial charge in [-0.3, -0.25) is 14.9 Å². The molecule has 0 aliphatic carbocycles. The summed E-state index contributed by atoms with van der Waals surface area (Å²) in [4.78, 5) is 17.7. The number of amidine groups is 1. The van der Waals surface area contributed by atoms with Crippen LogP contribution in [0.25, 0.3) is 22.3 Å². The van der Waals surface area contributed by atoms with Gasteiger partial charge in [0.05, 0.1) is 34.9 Å². The average Bonchev–Trinajstić information content (AvgIpc) is 3.37. The molecule has 0 radical (unpaired) electrons. The topological polar surface area (TPSA) is 132 Å². The first-order valence-corrected chi connectivity index (χ1v) is 12.6. The quantitative estimate of drug-likeness (QED) is 0.182. The number of anilines is 1. The van der Waals surface area contributed by atoms with E-state index in [0.29, 0.717) is 41.2 Å². The van der Waals surface area contributed by atoms with Crippen molar-refractivity contribution in [2.24, 2.45) is 5.73 Å². The molecule has 1 aliphatic rings. The van der Waals surface area contributed by atoms with Crippen molar-refractivity contribution in [1.29, 1.82) is 5.41 Å². The van der Waals surface area contributed by atoms with Crippen molar-refractivity contribution in [2.75, 3.05) is 18.5 Å². The van der Waals surface area contributed by atoms with Gasteiger partial charge in [0.2, 0.25) is 0 Å². The molecule has 37 heavy (non-hydrogen) atoms. The molecule has 1 atom stereocenters. The number of rotatable bonds is 6. The monoisotopic (exact) mass is 520 g/mol. The molecule has 0 amide bonds. The molecule has 1 aromatic carbocycles. The van der Waals surface area contributed by atoms with Gasteiger partial charge in [0, 0.05) is 30.5 Å². The van der Waals surface area contributed by atoms with Gasteiger partial charge in [-0.15, -0.1) is 0 Å². The average molecular weight is 521 g/mol. The van der Waals surface area contributed by atoms with Gasteiger partial charge in [-0.2, -0.15) is 5.10 Å². The second kappa shape index (κ2) is 9.99. The first kappa shape index (κ1) is 25.0. The van der Waals surface area contributed by atoms with Crippen LogP contribution in [0.5, 0.6) is 0 Å². The van der Waals surface area contributed by atoms with E-state index < -0.39 is 0 Å². The molecular formula is C27H29ClN6O3. The smallest absolute Gasteiger partial charge is 0.196 e. The highest BCUT2D eigenvalue weighted by Crippen LogP contribution is 2.33. The number of halogens is 1. The lowest BCUT2D eigenvalue weighted by atomic mass is 9.99. The third-order valence-electron chi connectivity index (χ3n) is 6.78. The minimum Gasteiger partial charge on any atom is -0.455 e. The Balaban J connectivity index is 1.59. The lowest BCUT2D eigenvalue weighted by Crippen LogP contribution is -2.19. The summed E-state index contributed by atoms with van der Waals surface area (Å²) in [5.41, 5.74) is 10.0. The van der Waals surface area contributed by atoms with Gasteiger partial charge in [0.25, 0.3) is 0 Å². The van der Waals surface area contributed by atoms with Crippen LogP contribution in [0, 0.1) is 19.3 Å². The van der Waals surface area contributed by atoms with Crippen LogP contribution in [-0.2, 0) is 4.74 Å². The molecule has 4 heterocycles. The SMILES string of the molecule is Cc1cc([C@@H](C)Nc2ccc(Cl)nc2C(=N)N)c2oc(-c3cnn(C4CCOCC4)c3)c(C)c(=O)c2c1. The number of ether oxygens (including phenoxy) is 1. The van der Waals surface area contributed by atoms with E-state index in [1.165, 1.54) is 0 Å². The third-order valence-corrected chi connectivity index (χ3v) is 6.99. The van der Waals surface area contributed by atoms with E-state index in [-0.39, 0.29) is 34.2 Å². The normalized spacial score (nSPS) is 15.1. The van der Waals surface area contributed by atoms with Crippen LogP contribution < -0.4 is 16.5 Å². The predicted molar refractivity (Wildman–Crippen MR) is 145 cm³/mol. The molecule has 9 nitrogen and oxygen atoms in total. The maximum absolute atomic E-state index is 13.5. The van der Waals surface area contributed by atoms with Crippen molar-refractivity contribution < 1.29 is 9.15 Å². The lowest BCUT2D eigenvalue weighted by Gasteiger charge is -2.22. The standard InChI is InChI=1S/C27H29ClN6O3/c1-14-10-19(16(3)32-21-4-5-22(28)33-23(21)27(29)30)26-20(11-14)24(35)15(2)25(37-26)17-12-31-34(13-17)18-6-8-36-9-7-18/h4-5,10-13,16,18,32H,6-9H2,1-3H3,(H3,29,30)/t16-/m1/s1. The highest BCUT2D eigenvalue weighted by molar-refractivity contribution is 6.29. The number of nitrogens with two attached hydrogens (primary N) is 1. The third kappa shape index (κ3) is 4.84. The van der Waals surface area contributed by atoms with E-state index in [1.807, 2.05) is 36.9 Å². The number of pyridine rings is 1. The predicted octanol–water partition coefficient (Wildman–Crippen LogP) is 5.13. The van der Waals surface area contributed by atoms with Crippen LogP contribution in [0.1, 0.15) is 54.2 Å². The number of aromatic nitrogens is 3. The zero-order valence-corrected chi connectivity index (χ0v) is 21.7. The molecule has 4 aromatic rings. The maximum Gasteiger partial charge on any atom is 0.196 e. The molecule has 0 bridgehead atoms. The number of hydrogen-bond acceptors (Lipinski definition) is 7. The number of hydrogen-bond donors (Lipinski definition) is 3. The Morgan fingerprint density at radius 3 is 2.76 bits per heavy atom. The van der Waals surface area contributed by atoms with E-state index >= 15 is 0 Å².